The predicted octanol–water partition coefficient (Wildman–Crippen LogP) is 3.98. The number of para-hydroxylation sites is 1. The fourth-order valence-electron chi connectivity index (χ4n) is 3.48. The van der Waals surface area contributed by atoms with Crippen molar-refractivity contribution in [3.05, 3.63) is 70.1 Å². The molecule has 0 atom stereocenters. The van der Waals surface area contributed by atoms with Gasteiger partial charge in [0, 0.05) is 29.4 Å². The fraction of sp³-hybridized carbons (Fsp3) is 0.261. The van der Waals surface area contributed by atoms with Gasteiger partial charge in [-0.25, -0.2) is 0 Å². The number of anilines is 2. The van der Waals surface area contributed by atoms with Crippen molar-refractivity contribution in [3.8, 4) is 0 Å². The minimum atomic E-state index is -0.514. The minimum Gasteiger partial charge on any atom is -0.451 e. The third-order valence-electron chi connectivity index (χ3n) is 4.98. The number of benzene rings is 2. The standard InChI is InChI=1S/C23H22N2O4/c1-23(2,3)22(28)25-11-10-14-8-9-15(12-17(14)25)24-21(27)20-13-18(26)16-6-4-5-7-19(16)29-20/h4-9,12-13H,10-11H2,1-3H3,(H,24,27). The summed E-state index contributed by atoms with van der Waals surface area (Å²) in [4.78, 5) is 39.4. The number of nitrogens with one attached hydrogen (secondary N) is 1. The lowest BCUT2D eigenvalue weighted by Crippen LogP contribution is -2.38. The lowest BCUT2D eigenvalue weighted by molar-refractivity contribution is -0.125. The molecule has 0 saturated carbocycles. The van der Waals surface area contributed by atoms with Gasteiger partial charge in [-0.15, -0.1) is 0 Å². The van der Waals surface area contributed by atoms with Gasteiger partial charge in [0.2, 0.25) is 5.91 Å². The zero-order valence-corrected chi connectivity index (χ0v) is 16.6. The van der Waals surface area contributed by atoms with Gasteiger partial charge < -0.3 is 14.6 Å². The number of carbonyl (C=O) groups excluding carboxylic acids is 2. The van der Waals surface area contributed by atoms with E-state index in [9.17, 15) is 14.4 Å². The summed E-state index contributed by atoms with van der Waals surface area (Å²) in [6.45, 7) is 6.30. The number of hydrogen-bond donors (Lipinski definition) is 1. The SMILES string of the molecule is CC(C)(C)C(=O)N1CCc2ccc(NC(=O)c3cc(=O)c4ccccc4o3)cc21. The minimum absolute atomic E-state index is 0.0419. The quantitative estimate of drug-likeness (QED) is 0.718. The molecule has 4 rings (SSSR count). The van der Waals surface area contributed by atoms with Crippen LogP contribution in [0.5, 0.6) is 0 Å². The third kappa shape index (κ3) is 3.53. The molecule has 1 aromatic heterocycles. The first-order valence-corrected chi connectivity index (χ1v) is 9.53. The average Bonchev–Trinajstić information content (AvgIpc) is 3.09. The van der Waals surface area contributed by atoms with Crippen LogP contribution < -0.4 is 15.6 Å². The van der Waals surface area contributed by atoms with Gasteiger partial charge in [0.25, 0.3) is 5.91 Å². The van der Waals surface area contributed by atoms with Gasteiger partial charge >= 0.3 is 0 Å². The molecule has 1 aliphatic heterocycles. The Labute approximate surface area is 168 Å². The van der Waals surface area contributed by atoms with E-state index in [2.05, 4.69) is 5.32 Å². The molecule has 0 fully saturated rings. The molecule has 0 radical (unpaired) electrons. The Hall–Kier alpha value is -3.41. The molecule has 0 bridgehead atoms. The Morgan fingerprint density at radius 3 is 2.59 bits per heavy atom. The van der Waals surface area contributed by atoms with E-state index in [1.807, 2.05) is 26.8 Å². The maximum absolute atomic E-state index is 12.7. The number of fused-ring (bicyclic) bond motifs is 2. The fourth-order valence-corrected chi connectivity index (χ4v) is 3.48. The second-order valence-electron chi connectivity index (χ2n) is 8.23. The maximum Gasteiger partial charge on any atom is 0.291 e. The van der Waals surface area contributed by atoms with E-state index in [4.69, 9.17) is 4.42 Å². The number of carbonyl (C=O) groups is 2. The summed E-state index contributed by atoms with van der Waals surface area (Å²) in [6, 6.07) is 13.5. The van der Waals surface area contributed by atoms with Crippen molar-refractivity contribution in [2.45, 2.75) is 27.2 Å². The van der Waals surface area contributed by atoms with Gasteiger partial charge in [-0.2, -0.15) is 0 Å². The Kier molecular flexibility index (Phi) is 4.49. The first-order chi connectivity index (χ1) is 13.7. The molecule has 0 spiro atoms. The molecule has 6 heteroatoms. The summed E-state index contributed by atoms with van der Waals surface area (Å²) in [6.07, 6.45) is 0.783. The van der Waals surface area contributed by atoms with Crippen LogP contribution in [0.4, 0.5) is 11.4 Å². The van der Waals surface area contributed by atoms with Crippen LogP contribution in [-0.2, 0) is 11.2 Å². The van der Waals surface area contributed by atoms with Gasteiger partial charge in [0.1, 0.15) is 5.58 Å². The number of amides is 2. The van der Waals surface area contributed by atoms with Crippen LogP contribution in [0.15, 0.2) is 57.7 Å². The molecule has 2 amide bonds. The summed E-state index contributed by atoms with van der Waals surface area (Å²) < 4.78 is 5.60. The molecule has 2 aromatic carbocycles. The van der Waals surface area contributed by atoms with Crippen LogP contribution >= 0.6 is 0 Å². The monoisotopic (exact) mass is 390 g/mol. The van der Waals surface area contributed by atoms with Crippen molar-refractivity contribution in [2.24, 2.45) is 5.41 Å². The van der Waals surface area contributed by atoms with Crippen LogP contribution in [0.2, 0.25) is 0 Å². The Balaban J connectivity index is 1.62. The lowest BCUT2D eigenvalue weighted by Gasteiger charge is -2.26. The molecule has 2 heterocycles. The molecule has 0 aliphatic carbocycles. The van der Waals surface area contributed by atoms with Crippen molar-refractivity contribution in [2.75, 3.05) is 16.8 Å². The summed E-state index contributed by atoms with van der Waals surface area (Å²) in [5.74, 6) is -0.531. The zero-order valence-electron chi connectivity index (χ0n) is 16.6. The molecule has 148 valence electrons. The van der Waals surface area contributed by atoms with Crippen LogP contribution in [0.25, 0.3) is 11.0 Å². The normalized spacial score (nSPS) is 13.4. The van der Waals surface area contributed by atoms with Gasteiger partial charge in [0.05, 0.1) is 5.39 Å². The van der Waals surface area contributed by atoms with E-state index in [0.717, 1.165) is 17.7 Å². The van der Waals surface area contributed by atoms with Gasteiger partial charge in [-0.1, -0.05) is 39.0 Å². The van der Waals surface area contributed by atoms with Crippen molar-refractivity contribution in [3.63, 3.8) is 0 Å². The smallest absolute Gasteiger partial charge is 0.291 e. The van der Waals surface area contributed by atoms with E-state index in [-0.39, 0.29) is 17.1 Å². The van der Waals surface area contributed by atoms with Crippen LogP contribution in [-0.4, -0.2) is 18.4 Å². The molecular weight excluding hydrogens is 368 g/mol. The highest BCUT2D eigenvalue weighted by Gasteiger charge is 2.32. The maximum atomic E-state index is 12.7. The molecule has 0 saturated heterocycles. The second kappa shape index (κ2) is 6.88. The Morgan fingerprint density at radius 2 is 1.83 bits per heavy atom. The van der Waals surface area contributed by atoms with Crippen LogP contribution in [0, 0.1) is 5.41 Å². The second-order valence-corrected chi connectivity index (χ2v) is 8.23. The van der Waals surface area contributed by atoms with E-state index in [0.29, 0.717) is 23.2 Å². The van der Waals surface area contributed by atoms with Crippen molar-refractivity contribution >= 4 is 34.2 Å². The number of hydrogen-bond acceptors (Lipinski definition) is 4. The summed E-state index contributed by atoms with van der Waals surface area (Å²) in [5, 5.41) is 3.20. The van der Waals surface area contributed by atoms with E-state index in [1.165, 1.54) is 6.07 Å². The predicted molar refractivity (Wildman–Crippen MR) is 112 cm³/mol. The zero-order chi connectivity index (χ0) is 20.8. The molecule has 3 aromatic rings. The highest BCUT2D eigenvalue weighted by Crippen LogP contribution is 2.34. The number of rotatable bonds is 2. The highest BCUT2D eigenvalue weighted by molar-refractivity contribution is 6.04. The Bertz CT molecular complexity index is 1190. The van der Waals surface area contributed by atoms with Gasteiger partial charge in [-0.05, 0) is 36.2 Å². The summed E-state index contributed by atoms with van der Waals surface area (Å²) in [5.41, 5.74) is 2.02. The van der Waals surface area contributed by atoms with Crippen molar-refractivity contribution < 1.29 is 14.0 Å². The molecular formula is C23H22N2O4. The summed E-state index contributed by atoms with van der Waals surface area (Å²) in [7, 11) is 0. The molecule has 1 N–H and O–H groups in total. The molecule has 29 heavy (non-hydrogen) atoms. The first kappa shape index (κ1) is 18.9. The molecule has 0 unspecified atom stereocenters. The van der Waals surface area contributed by atoms with Crippen molar-refractivity contribution in [1.29, 1.82) is 0 Å². The average molecular weight is 390 g/mol. The largest absolute Gasteiger partial charge is 0.451 e. The Morgan fingerprint density at radius 1 is 1.07 bits per heavy atom. The number of nitrogens with zero attached hydrogens (tertiary/aromatic N) is 1. The van der Waals surface area contributed by atoms with E-state index >= 15 is 0 Å². The third-order valence-corrected chi connectivity index (χ3v) is 4.98. The van der Waals surface area contributed by atoms with E-state index in [1.54, 1.807) is 41.3 Å². The van der Waals surface area contributed by atoms with Gasteiger partial charge in [0.15, 0.2) is 11.2 Å². The molecule has 1 aliphatic rings. The van der Waals surface area contributed by atoms with E-state index < -0.39 is 11.3 Å². The highest BCUT2D eigenvalue weighted by atomic mass is 16.3. The van der Waals surface area contributed by atoms with Crippen LogP contribution in [0.3, 0.4) is 0 Å². The molecule has 6 nitrogen and oxygen atoms in total. The van der Waals surface area contributed by atoms with Gasteiger partial charge in [-0.3, -0.25) is 14.4 Å². The first-order valence-electron chi connectivity index (χ1n) is 9.53. The van der Waals surface area contributed by atoms with Crippen molar-refractivity contribution in [1.82, 2.24) is 0 Å². The topological polar surface area (TPSA) is 79.6 Å². The van der Waals surface area contributed by atoms with Crippen LogP contribution in [0.1, 0.15) is 36.9 Å². The lowest BCUT2D eigenvalue weighted by atomic mass is 9.94. The summed E-state index contributed by atoms with van der Waals surface area (Å²) >= 11 is 0.